The summed E-state index contributed by atoms with van der Waals surface area (Å²) in [5.74, 6) is -1.85. The first kappa shape index (κ1) is 8.42. The molecule has 0 rings (SSSR count). The number of carboxylic acids is 1. The summed E-state index contributed by atoms with van der Waals surface area (Å²) in [6.07, 6.45) is 2.43. The van der Waals surface area contributed by atoms with Crippen molar-refractivity contribution in [3.05, 3.63) is 25.0 Å². The Balaban J connectivity index is 3.63. The van der Waals surface area contributed by atoms with Crippen molar-refractivity contribution < 1.29 is 19.4 Å². The van der Waals surface area contributed by atoms with E-state index in [1.807, 2.05) is 0 Å². The van der Waals surface area contributed by atoms with E-state index < -0.39 is 11.9 Å². The van der Waals surface area contributed by atoms with Gasteiger partial charge >= 0.3 is 11.9 Å². The van der Waals surface area contributed by atoms with Crippen molar-refractivity contribution in [3.8, 4) is 0 Å². The van der Waals surface area contributed by atoms with Crippen LogP contribution in [-0.4, -0.2) is 17.0 Å². The van der Waals surface area contributed by atoms with E-state index in [-0.39, 0.29) is 0 Å². The lowest BCUT2D eigenvalue weighted by Gasteiger charge is -1.87. The summed E-state index contributed by atoms with van der Waals surface area (Å²) in [5, 5.41) is 8.00. The number of carboxylic acid groups (broad SMARTS) is 1. The van der Waals surface area contributed by atoms with Crippen molar-refractivity contribution in [1.82, 2.24) is 0 Å². The number of hydrogen-bond acceptors (Lipinski definition) is 3. The van der Waals surface area contributed by atoms with Crippen LogP contribution in [-0.2, 0) is 14.3 Å². The van der Waals surface area contributed by atoms with Crippen molar-refractivity contribution in [2.75, 3.05) is 0 Å². The van der Waals surface area contributed by atoms with Crippen LogP contribution in [0, 0.1) is 0 Å². The van der Waals surface area contributed by atoms with Crippen LogP contribution in [0.25, 0.3) is 0 Å². The molecule has 0 heterocycles. The van der Waals surface area contributed by atoms with Gasteiger partial charge in [0.15, 0.2) is 0 Å². The SMILES string of the molecule is C=CC(=O)O/C=C/C(=O)O. The van der Waals surface area contributed by atoms with E-state index in [0.29, 0.717) is 6.08 Å². The zero-order chi connectivity index (χ0) is 7.98. The molecule has 0 fully saturated rings. The second-order valence-electron chi connectivity index (χ2n) is 1.28. The molecule has 0 radical (unpaired) electrons. The van der Waals surface area contributed by atoms with E-state index in [1.165, 1.54) is 0 Å². The van der Waals surface area contributed by atoms with Gasteiger partial charge in [-0.2, -0.15) is 0 Å². The molecule has 0 unspecified atom stereocenters. The maximum atomic E-state index is 10.2. The standard InChI is InChI=1S/C6H6O4/c1-2-6(9)10-4-3-5(7)8/h2-4H,1H2,(H,7,8)/b4-3+. The van der Waals surface area contributed by atoms with Crippen molar-refractivity contribution in [1.29, 1.82) is 0 Å². The summed E-state index contributed by atoms with van der Waals surface area (Å²) >= 11 is 0. The van der Waals surface area contributed by atoms with Crippen molar-refractivity contribution in [2.24, 2.45) is 0 Å². The van der Waals surface area contributed by atoms with Crippen LogP contribution in [0.15, 0.2) is 25.0 Å². The van der Waals surface area contributed by atoms with Crippen LogP contribution >= 0.6 is 0 Å². The largest absolute Gasteiger partial charge is 0.478 e. The number of rotatable bonds is 3. The highest BCUT2D eigenvalue weighted by Gasteiger charge is 1.90. The topological polar surface area (TPSA) is 63.6 Å². The lowest BCUT2D eigenvalue weighted by molar-refractivity contribution is -0.132. The van der Waals surface area contributed by atoms with Gasteiger partial charge in [-0.25, -0.2) is 9.59 Å². The highest BCUT2D eigenvalue weighted by Crippen LogP contribution is 1.80. The first-order valence-electron chi connectivity index (χ1n) is 2.39. The van der Waals surface area contributed by atoms with Crippen LogP contribution in [0.3, 0.4) is 0 Å². The number of esters is 1. The van der Waals surface area contributed by atoms with Crippen LogP contribution < -0.4 is 0 Å². The molecule has 1 N–H and O–H groups in total. The molecule has 0 aliphatic rings. The normalized spacial score (nSPS) is 9.20. The summed E-state index contributed by atoms with van der Waals surface area (Å²) < 4.78 is 4.18. The first-order chi connectivity index (χ1) is 4.66. The van der Waals surface area contributed by atoms with Gasteiger partial charge in [0.1, 0.15) is 6.26 Å². The fraction of sp³-hybridized carbons (Fsp3) is 0. The number of hydrogen-bond donors (Lipinski definition) is 1. The Morgan fingerprint density at radius 3 is 2.50 bits per heavy atom. The molecule has 0 aliphatic heterocycles. The predicted molar refractivity (Wildman–Crippen MR) is 33.1 cm³/mol. The summed E-state index contributed by atoms with van der Waals surface area (Å²) in [5.41, 5.74) is 0. The monoisotopic (exact) mass is 142 g/mol. The Morgan fingerprint density at radius 2 is 2.10 bits per heavy atom. The second-order valence-corrected chi connectivity index (χ2v) is 1.28. The molecule has 4 nitrogen and oxygen atoms in total. The summed E-state index contributed by atoms with van der Waals surface area (Å²) in [4.78, 5) is 20.0. The van der Waals surface area contributed by atoms with Gasteiger partial charge in [0.05, 0.1) is 6.08 Å². The van der Waals surface area contributed by atoms with Gasteiger partial charge < -0.3 is 9.84 Å². The van der Waals surface area contributed by atoms with Gasteiger partial charge in [-0.1, -0.05) is 6.58 Å². The molecular weight excluding hydrogens is 136 g/mol. The molecule has 0 aromatic rings. The van der Waals surface area contributed by atoms with Gasteiger partial charge in [0, 0.05) is 6.08 Å². The zero-order valence-electron chi connectivity index (χ0n) is 5.11. The fourth-order valence-corrected chi connectivity index (χ4v) is 0.207. The van der Waals surface area contributed by atoms with Gasteiger partial charge in [0.25, 0.3) is 0 Å². The Morgan fingerprint density at radius 1 is 1.50 bits per heavy atom. The second kappa shape index (κ2) is 4.31. The minimum Gasteiger partial charge on any atom is -0.478 e. The number of carbonyl (C=O) groups excluding carboxylic acids is 1. The van der Waals surface area contributed by atoms with Gasteiger partial charge in [-0.15, -0.1) is 0 Å². The third kappa shape index (κ3) is 4.58. The first-order valence-corrected chi connectivity index (χ1v) is 2.39. The minimum atomic E-state index is -1.17. The Bertz CT molecular complexity index is 180. The predicted octanol–water partition coefficient (Wildman–Crippen LogP) is 0.314. The maximum absolute atomic E-state index is 10.2. The van der Waals surface area contributed by atoms with E-state index in [9.17, 15) is 9.59 Å². The van der Waals surface area contributed by atoms with Crippen molar-refractivity contribution >= 4 is 11.9 Å². The molecule has 0 aromatic heterocycles. The molecule has 0 saturated carbocycles. The Labute approximate surface area is 57.4 Å². The van der Waals surface area contributed by atoms with Gasteiger partial charge in [0.2, 0.25) is 0 Å². The van der Waals surface area contributed by atoms with Crippen molar-refractivity contribution in [2.45, 2.75) is 0 Å². The molecule has 0 bridgehead atoms. The molecule has 0 saturated heterocycles. The highest BCUT2D eigenvalue weighted by atomic mass is 16.5. The fourth-order valence-electron chi connectivity index (χ4n) is 0.207. The third-order valence-electron chi connectivity index (χ3n) is 0.561. The van der Waals surface area contributed by atoms with Crippen LogP contribution in [0.4, 0.5) is 0 Å². The molecule has 10 heavy (non-hydrogen) atoms. The van der Waals surface area contributed by atoms with Crippen molar-refractivity contribution in [3.63, 3.8) is 0 Å². The van der Waals surface area contributed by atoms with Crippen LogP contribution in [0.5, 0.6) is 0 Å². The number of ether oxygens (including phenoxy) is 1. The van der Waals surface area contributed by atoms with Crippen LogP contribution in [0.2, 0.25) is 0 Å². The zero-order valence-corrected chi connectivity index (χ0v) is 5.11. The molecule has 0 aromatic carbocycles. The van der Waals surface area contributed by atoms with E-state index in [2.05, 4.69) is 11.3 Å². The van der Waals surface area contributed by atoms with Gasteiger partial charge in [-0.05, 0) is 0 Å². The molecule has 0 aliphatic carbocycles. The minimum absolute atomic E-state index is 0.683. The van der Waals surface area contributed by atoms with Gasteiger partial charge in [-0.3, -0.25) is 0 Å². The molecule has 0 spiro atoms. The summed E-state index contributed by atoms with van der Waals surface area (Å²) in [7, 11) is 0. The smallest absolute Gasteiger partial charge is 0.334 e. The number of carbonyl (C=O) groups is 2. The summed E-state index contributed by atoms with van der Waals surface area (Å²) in [6, 6.07) is 0. The lowest BCUT2D eigenvalue weighted by atomic mass is 10.6. The van der Waals surface area contributed by atoms with Crippen LogP contribution in [0.1, 0.15) is 0 Å². The van der Waals surface area contributed by atoms with E-state index in [0.717, 1.165) is 12.3 Å². The third-order valence-corrected chi connectivity index (χ3v) is 0.561. The van der Waals surface area contributed by atoms with E-state index >= 15 is 0 Å². The average Bonchev–Trinajstić information content (AvgIpc) is 1.87. The molecular formula is C6H6O4. The van der Waals surface area contributed by atoms with E-state index in [1.54, 1.807) is 0 Å². The average molecular weight is 142 g/mol. The number of aliphatic carboxylic acids is 1. The quantitative estimate of drug-likeness (QED) is 0.350. The van der Waals surface area contributed by atoms with E-state index in [4.69, 9.17) is 5.11 Å². The highest BCUT2D eigenvalue weighted by molar-refractivity contribution is 5.83. The molecule has 4 heteroatoms. The maximum Gasteiger partial charge on any atom is 0.334 e. The Hall–Kier alpha value is -1.58. The summed E-state index contributed by atoms with van der Waals surface area (Å²) in [6.45, 7) is 3.10. The molecule has 0 amide bonds. The molecule has 0 atom stereocenters. The molecule has 54 valence electrons. The Kier molecular flexibility index (Phi) is 3.63. The lowest BCUT2D eigenvalue weighted by Crippen LogP contribution is -1.94.